The molecule has 0 aliphatic carbocycles. The molecule has 2 N–H and O–H groups in total. The molecule has 0 radical (unpaired) electrons. The minimum absolute atomic E-state index is 0.355. The summed E-state index contributed by atoms with van der Waals surface area (Å²) in [5.74, 6) is 2.80. The lowest BCUT2D eigenvalue weighted by molar-refractivity contribution is 0.223. The zero-order valence-electron chi connectivity index (χ0n) is 19.1. The number of ether oxygens (including phenoxy) is 1. The van der Waals surface area contributed by atoms with E-state index in [0.29, 0.717) is 25.6 Å². The summed E-state index contributed by atoms with van der Waals surface area (Å²) >= 11 is 0. The Morgan fingerprint density at radius 1 is 1.13 bits per heavy atom. The quantitative estimate of drug-likeness (QED) is 0.406. The molecular formula is C23H37N5O2. The largest absolute Gasteiger partial charge is 0.492 e. The van der Waals surface area contributed by atoms with Crippen LogP contribution in [0.1, 0.15) is 57.6 Å². The molecule has 0 bridgehead atoms. The highest BCUT2D eigenvalue weighted by Gasteiger charge is 2.08. The average molecular weight is 416 g/mol. The van der Waals surface area contributed by atoms with Crippen molar-refractivity contribution in [1.29, 1.82) is 0 Å². The van der Waals surface area contributed by atoms with Gasteiger partial charge in [0, 0.05) is 19.2 Å². The Bertz CT molecular complexity index is 751. The van der Waals surface area contributed by atoms with Gasteiger partial charge in [-0.2, -0.15) is 0 Å². The standard InChI is InChI=1S/C23H37N5O2/c1-6-24-23(26-17-21-15-22(18(4)5)27-30-21)25-16-19-9-11-20(12-10-19)29-14-13-28(7-2)8-3/h9-12,15,18H,6-8,13-14,16-17H2,1-5H3,(H2,24,25,26). The maximum atomic E-state index is 5.85. The van der Waals surface area contributed by atoms with Crippen molar-refractivity contribution in [2.24, 2.45) is 4.99 Å². The van der Waals surface area contributed by atoms with Gasteiger partial charge in [0.15, 0.2) is 11.7 Å². The van der Waals surface area contributed by atoms with Crippen LogP contribution < -0.4 is 15.4 Å². The minimum Gasteiger partial charge on any atom is -0.492 e. The highest BCUT2D eigenvalue weighted by atomic mass is 16.5. The number of likely N-dealkylation sites (N-methyl/N-ethyl adjacent to an activating group) is 1. The van der Waals surface area contributed by atoms with Gasteiger partial charge in [0.2, 0.25) is 0 Å². The van der Waals surface area contributed by atoms with Gasteiger partial charge in [-0.1, -0.05) is 45.0 Å². The van der Waals surface area contributed by atoms with Crippen LogP contribution in [0.4, 0.5) is 0 Å². The first-order valence-corrected chi connectivity index (χ1v) is 11.0. The van der Waals surface area contributed by atoms with Crippen LogP contribution in [-0.2, 0) is 13.1 Å². The van der Waals surface area contributed by atoms with Crippen molar-refractivity contribution < 1.29 is 9.26 Å². The van der Waals surface area contributed by atoms with Crippen LogP contribution in [0.5, 0.6) is 5.75 Å². The van der Waals surface area contributed by atoms with E-state index in [0.717, 1.165) is 54.9 Å². The van der Waals surface area contributed by atoms with Crippen molar-refractivity contribution in [2.45, 2.75) is 53.6 Å². The van der Waals surface area contributed by atoms with Gasteiger partial charge in [0.05, 0.1) is 18.8 Å². The summed E-state index contributed by atoms with van der Waals surface area (Å²) in [5, 5.41) is 10.6. The fraction of sp³-hybridized carbons (Fsp3) is 0.565. The number of nitrogens with one attached hydrogen (secondary N) is 2. The Kier molecular flexibility index (Phi) is 10.2. The normalized spacial score (nSPS) is 11.9. The first-order valence-electron chi connectivity index (χ1n) is 11.0. The van der Waals surface area contributed by atoms with Crippen molar-refractivity contribution in [3.8, 4) is 5.75 Å². The molecule has 1 aromatic carbocycles. The highest BCUT2D eigenvalue weighted by Crippen LogP contribution is 2.14. The first kappa shape index (κ1) is 23.7. The molecule has 0 saturated heterocycles. The van der Waals surface area contributed by atoms with Gasteiger partial charge < -0.3 is 24.8 Å². The number of hydrogen-bond acceptors (Lipinski definition) is 5. The maximum Gasteiger partial charge on any atom is 0.191 e. The second kappa shape index (κ2) is 12.9. The maximum absolute atomic E-state index is 5.85. The Morgan fingerprint density at radius 3 is 2.47 bits per heavy atom. The van der Waals surface area contributed by atoms with E-state index in [1.807, 2.05) is 25.1 Å². The van der Waals surface area contributed by atoms with Gasteiger partial charge >= 0.3 is 0 Å². The summed E-state index contributed by atoms with van der Waals surface area (Å²) in [6, 6.07) is 10.1. The van der Waals surface area contributed by atoms with Crippen LogP contribution in [0.15, 0.2) is 39.8 Å². The van der Waals surface area contributed by atoms with E-state index in [9.17, 15) is 0 Å². The highest BCUT2D eigenvalue weighted by molar-refractivity contribution is 5.79. The molecule has 7 heteroatoms. The zero-order valence-corrected chi connectivity index (χ0v) is 19.1. The molecule has 0 amide bonds. The number of hydrogen-bond donors (Lipinski definition) is 2. The number of guanidine groups is 1. The molecule has 166 valence electrons. The van der Waals surface area contributed by atoms with Crippen LogP contribution in [0.3, 0.4) is 0 Å². The minimum atomic E-state index is 0.355. The molecule has 0 unspecified atom stereocenters. The number of nitrogens with zero attached hydrogens (tertiary/aromatic N) is 3. The van der Waals surface area contributed by atoms with Gasteiger partial charge in [-0.3, -0.25) is 0 Å². The SMILES string of the molecule is CCNC(=NCc1ccc(OCCN(CC)CC)cc1)NCc1cc(C(C)C)no1. The third-order valence-electron chi connectivity index (χ3n) is 4.86. The van der Waals surface area contributed by atoms with Crippen LogP contribution >= 0.6 is 0 Å². The fourth-order valence-electron chi connectivity index (χ4n) is 2.89. The van der Waals surface area contributed by atoms with Crippen molar-refractivity contribution >= 4 is 5.96 Å². The number of benzene rings is 1. The summed E-state index contributed by atoms with van der Waals surface area (Å²) < 4.78 is 11.2. The molecule has 0 atom stereocenters. The summed E-state index contributed by atoms with van der Waals surface area (Å²) in [7, 11) is 0. The van der Waals surface area contributed by atoms with Crippen LogP contribution in [0.25, 0.3) is 0 Å². The molecule has 0 spiro atoms. The topological polar surface area (TPSA) is 74.9 Å². The Balaban J connectivity index is 1.84. The lowest BCUT2D eigenvalue weighted by Gasteiger charge is -2.18. The van der Waals surface area contributed by atoms with Crippen molar-refractivity contribution in [3.05, 3.63) is 47.3 Å². The first-order chi connectivity index (χ1) is 14.5. The van der Waals surface area contributed by atoms with E-state index in [2.05, 4.69) is 65.5 Å². The molecule has 30 heavy (non-hydrogen) atoms. The lowest BCUT2D eigenvalue weighted by atomic mass is 10.1. The molecule has 1 heterocycles. The number of aromatic nitrogens is 1. The molecule has 0 aliphatic heterocycles. The summed E-state index contributed by atoms with van der Waals surface area (Å²) in [6.45, 7) is 16.3. The molecule has 0 fully saturated rings. The van der Waals surface area contributed by atoms with Crippen LogP contribution in [0, 0.1) is 0 Å². The molecule has 1 aromatic heterocycles. The number of rotatable bonds is 12. The molecule has 0 aliphatic rings. The third-order valence-corrected chi connectivity index (χ3v) is 4.86. The second-order valence-electron chi connectivity index (χ2n) is 7.44. The molecule has 0 saturated carbocycles. The van der Waals surface area contributed by atoms with E-state index in [-0.39, 0.29) is 0 Å². The Morgan fingerprint density at radius 2 is 1.87 bits per heavy atom. The summed E-state index contributed by atoms with van der Waals surface area (Å²) in [6.07, 6.45) is 0. The summed E-state index contributed by atoms with van der Waals surface area (Å²) in [4.78, 5) is 7.01. The van der Waals surface area contributed by atoms with Gasteiger partial charge in [-0.15, -0.1) is 0 Å². The van der Waals surface area contributed by atoms with Crippen molar-refractivity contribution in [3.63, 3.8) is 0 Å². The van der Waals surface area contributed by atoms with Gasteiger partial charge in [-0.25, -0.2) is 4.99 Å². The lowest BCUT2D eigenvalue weighted by Crippen LogP contribution is -2.36. The van der Waals surface area contributed by atoms with Gasteiger partial charge in [0.1, 0.15) is 12.4 Å². The molecular weight excluding hydrogens is 378 g/mol. The predicted octanol–water partition coefficient (Wildman–Crippen LogP) is 3.77. The zero-order chi connectivity index (χ0) is 21.8. The number of aliphatic imine (C=N–C) groups is 1. The van der Waals surface area contributed by atoms with E-state index < -0.39 is 0 Å². The Labute approximate surface area is 180 Å². The summed E-state index contributed by atoms with van der Waals surface area (Å²) in [5.41, 5.74) is 2.10. The monoisotopic (exact) mass is 415 g/mol. The van der Waals surface area contributed by atoms with Crippen LogP contribution in [0.2, 0.25) is 0 Å². The predicted molar refractivity (Wildman–Crippen MR) is 122 cm³/mol. The van der Waals surface area contributed by atoms with Crippen molar-refractivity contribution in [2.75, 3.05) is 32.8 Å². The van der Waals surface area contributed by atoms with E-state index >= 15 is 0 Å². The third kappa shape index (κ3) is 8.06. The van der Waals surface area contributed by atoms with Crippen molar-refractivity contribution in [1.82, 2.24) is 20.7 Å². The van der Waals surface area contributed by atoms with E-state index in [1.54, 1.807) is 0 Å². The molecule has 2 rings (SSSR count). The van der Waals surface area contributed by atoms with E-state index in [1.165, 1.54) is 0 Å². The Hall–Kier alpha value is -2.54. The van der Waals surface area contributed by atoms with Gasteiger partial charge in [0.25, 0.3) is 0 Å². The molecule has 2 aromatic rings. The smallest absolute Gasteiger partial charge is 0.191 e. The fourth-order valence-corrected chi connectivity index (χ4v) is 2.89. The van der Waals surface area contributed by atoms with E-state index in [4.69, 9.17) is 9.26 Å². The molecule has 7 nitrogen and oxygen atoms in total. The second-order valence-corrected chi connectivity index (χ2v) is 7.44. The van der Waals surface area contributed by atoms with Gasteiger partial charge in [-0.05, 0) is 43.6 Å². The average Bonchev–Trinajstić information content (AvgIpc) is 3.23. The van der Waals surface area contributed by atoms with Crippen LogP contribution in [-0.4, -0.2) is 48.8 Å².